The third-order valence-corrected chi connectivity index (χ3v) is 1.07. The van der Waals surface area contributed by atoms with E-state index in [0.29, 0.717) is 16.2 Å². The van der Waals surface area contributed by atoms with Gasteiger partial charge < -0.3 is 4.74 Å². The molecule has 1 heteroatoms. The van der Waals surface area contributed by atoms with Gasteiger partial charge in [0.05, 0.1) is 13.2 Å². The molecular formula is C15H34O. The zero-order valence-corrected chi connectivity index (χ0v) is 13.3. The van der Waals surface area contributed by atoms with Crippen LogP contribution in [0.25, 0.3) is 0 Å². The molecule has 16 heavy (non-hydrogen) atoms. The maximum Gasteiger partial charge on any atom is 0.0514 e. The minimum Gasteiger partial charge on any atom is -0.380 e. The lowest BCUT2D eigenvalue weighted by molar-refractivity contribution is 0.0275. The van der Waals surface area contributed by atoms with E-state index in [0.717, 1.165) is 13.2 Å². The van der Waals surface area contributed by atoms with E-state index in [4.69, 9.17) is 4.74 Å². The summed E-state index contributed by atoms with van der Waals surface area (Å²) in [6.07, 6.45) is 0. The fraction of sp³-hybridized carbons (Fsp3) is 1.00. The van der Waals surface area contributed by atoms with Gasteiger partial charge in [-0.2, -0.15) is 0 Å². The van der Waals surface area contributed by atoms with E-state index < -0.39 is 0 Å². The average Bonchev–Trinajstić information content (AvgIpc) is 1.74. The Balaban J connectivity index is 0. The molecule has 0 radical (unpaired) electrons. The van der Waals surface area contributed by atoms with Gasteiger partial charge in [0.25, 0.3) is 0 Å². The minimum absolute atomic E-state index is 0.297. The fourth-order valence-electron chi connectivity index (χ4n) is 0.663. The molecule has 0 saturated heterocycles. The third-order valence-electron chi connectivity index (χ3n) is 1.07. The summed E-state index contributed by atoms with van der Waals surface area (Å²) in [5, 5.41) is 0. The molecule has 0 aromatic carbocycles. The van der Waals surface area contributed by atoms with Gasteiger partial charge >= 0.3 is 0 Å². The van der Waals surface area contributed by atoms with Crippen LogP contribution in [0.3, 0.4) is 0 Å². The van der Waals surface area contributed by atoms with Gasteiger partial charge in [-0.25, -0.2) is 0 Å². The minimum atomic E-state index is 0.297. The largest absolute Gasteiger partial charge is 0.380 e. The van der Waals surface area contributed by atoms with Crippen LogP contribution >= 0.6 is 0 Å². The van der Waals surface area contributed by atoms with E-state index in [-0.39, 0.29) is 0 Å². The van der Waals surface area contributed by atoms with Gasteiger partial charge in [0.1, 0.15) is 0 Å². The molecule has 0 atom stereocenters. The van der Waals surface area contributed by atoms with Gasteiger partial charge in [-0.05, 0) is 16.2 Å². The molecule has 0 heterocycles. The summed E-state index contributed by atoms with van der Waals surface area (Å²) in [4.78, 5) is 0. The highest BCUT2D eigenvalue weighted by Gasteiger charge is 2.14. The van der Waals surface area contributed by atoms with Crippen molar-refractivity contribution >= 4 is 0 Å². The van der Waals surface area contributed by atoms with Crippen molar-refractivity contribution in [2.24, 2.45) is 16.2 Å². The van der Waals surface area contributed by atoms with E-state index in [2.05, 4.69) is 69.2 Å². The van der Waals surface area contributed by atoms with Crippen molar-refractivity contribution in [3.05, 3.63) is 0 Å². The van der Waals surface area contributed by atoms with Crippen LogP contribution in [0.4, 0.5) is 0 Å². The molecule has 0 bridgehead atoms. The zero-order valence-electron chi connectivity index (χ0n) is 13.3. The standard InChI is InChI=1S/C10H22O.C5H12/c1-9(2,3)7-11-8-10(4,5)6;1-5(2,3)4/h7-8H2,1-6H3;1-4H3. The number of hydrogen-bond donors (Lipinski definition) is 0. The van der Waals surface area contributed by atoms with Gasteiger partial charge in [0.15, 0.2) is 0 Å². The summed E-state index contributed by atoms with van der Waals surface area (Å²) in [6.45, 7) is 23.6. The molecule has 0 fully saturated rings. The van der Waals surface area contributed by atoms with E-state index >= 15 is 0 Å². The third kappa shape index (κ3) is 37.0. The molecule has 1 nitrogen and oxygen atoms in total. The maximum atomic E-state index is 5.56. The van der Waals surface area contributed by atoms with Crippen molar-refractivity contribution in [3.63, 3.8) is 0 Å². The van der Waals surface area contributed by atoms with Gasteiger partial charge in [-0.1, -0.05) is 69.2 Å². The van der Waals surface area contributed by atoms with Gasteiger partial charge in [0, 0.05) is 0 Å². The first-order valence-corrected chi connectivity index (χ1v) is 6.28. The summed E-state index contributed by atoms with van der Waals surface area (Å²) in [5.41, 5.74) is 1.09. The summed E-state index contributed by atoms with van der Waals surface area (Å²) >= 11 is 0. The molecule has 0 unspecified atom stereocenters. The Labute approximate surface area is 104 Å². The Morgan fingerprint density at radius 3 is 0.875 bits per heavy atom. The summed E-state index contributed by atoms with van der Waals surface area (Å²) < 4.78 is 5.56. The molecule has 0 spiro atoms. The fourth-order valence-corrected chi connectivity index (χ4v) is 0.663. The second kappa shape index (κ2) is 6.64. The predicted octanol–water partition coefficient (Wildman–Crippen LogP) is 5.15. The van der Waals surface area contributed by atoms with Crippen LogP contribution in [0.5, 0.6) is 0 Å². The van der Waals surface area contributed by atoms with Crippen LogP contribution in [0.2, 0.25) is 0 Å². The number of ether oxygens (including phenoxy) is 1. The topological polar surface area (TPSA) is 9.23 Å². The lowest BCUT2D eigenvalue weighted by Crippen LogP contribution is -2.21. The van der Waals surface area contributed by atoms with Crippen LogP contribution in [-0.2, 0) is 4.74 Å². The van der Waals surface area contributed by atoms with Crippen molar-refractivity contribution in [1.82, 2.24) is 0 Å². The first-order valence-electron chi connectivity index (χ1n) is 6.28. The highest BCUT2D eigenvalue weighted by molar-refractivity contribution is 4.63. The van der Waals surface area contributed by atoms with E-state index in [1.807, 2.05) is 0 Å². The quantitative estimate of drug-likeness (QED) is 0.637. The monoisotopic (exact) mass is 230 g/mol. The first-order chi connectivity index (χ1) is 6.71. The molecule has 100 valence electrons. The van der Waals surface area contributed by atoms with Gasteiger partial charge in [0.2, 0.25) is 0 Å². The molecule has 0 aliphatic rings. The summed E-state index contributed by atoms with van der Waals surface area (Å²) in [5.74, 6) is 0. The normalized spacial score (nSPS) is 13.1. The molecular weight excluding hydrogens is 196 g/mol. The highest BCUT2D eigenvalue weighted by Crippen LogP contribution is 2.17. The Morgan fingerprint density at radius 1 is 0.562 bits per heavy atom. The maximum absolute atomic E-state index is 5.56. The van der Waals surface area contributed by atoms with Gasteiger partial charge in [-0.3, -0.25) is 0 Å². The van der Waals surface area contributed by atoms with Crippen LogP contribution in [0.15, 0.2) is 0 Å². The predicted molar refractivity (Wildman–Crippen MR) is 74.9 cm³/mol. The number of hydrogen-bond acceptors (Lipinski definition) is 1. The summed E-state index contributed by atoms with van der Waals surface area (Å²) in [6, 6.07) is 0. The zero-order chi connectivity index (χ0) is 13.6. The Kier molecular flexibility index (Phi) is 7.60. The van der Waals surface area contributed by atoms with E-state index in [9.17, 15) is 0 Å². The Hall–Kier alpha value is -0.0400. The average molecular weight is 230 g/mol. The van der Waals surface area contributed by atoms with Crippen molar-refractivity contribution in [3.8, 4) is 0 Å². The first kappa shape index (κ1) is 18.3. The Bertz CT molecular complexity index is 141. The summed E-state index contributed by atoms with van der Waals surface area (Å²) in [7, 11) is 0. The van der Waals surface area contributed by atoms with Crippen molar-refractivity contribution in [2.45, 2.75) is 69.2 Å². The number of rotatable bonds is 2. The van der Waals surface area contributed by atoms with E-state index in [1.54, 1.807) is 0 Å². The van der Waals surface area contributed by atoms with Crippen molar-refractivity contribution in [1.29, 1.82) is 0 Å². The second-order valence-electron chi connectivity index (χ2n) is 8.61. The smallest absolute Gasteiger partial charge is 0.0514 e. The van der Waals surface area contributed by atoms with Crippen molar-refractivity contribution < 1.29 is 4.74 Å². The molecule has 0 aliphatic carbocycles. The molecule has 0 aromatic heterocycles. The molecule has 0 rings (SSSR count). The Morgan fingerprint density at radius 2 is 0.750 bits per heavy atom. The molecule has 0 amide bonds. The van der Waals surface area contributed by atoms with Crippen molar-refractivity contribution in [2.75, 3.05) is 13.2 Å². The van der Waals surface area contributed by atoms with Crippen LogP contribution in [0, 0.1) is 16.2 Å². The lowest BCUT2D eigenvalue weighted by atomic mass is 9.97. The molecule has 0 saturated carbocycles. The van der Waals surface area contributed by atoms with Crippen LogP contribution in [-0.4, -0.2) is 13.2 Å². The van der Waals surface area contributed by atoms with E-state index in [1.165, 1.54) is 0 Å². The van der Waals surface area contributed by atoms with Gasteiger partial charge in [-0.15, -0.1) is 0 Å². The molecule has 0 aromatic rings. The second-order valence-corrected chi connectivity index (χ2v) is 8.61. The van der Waals surface area contributed by atoms with Crippen LogP contribution < -0.4 is 0 Å². The SMILES string of the molecule is CC(C)(C)C.CC(C)(C)COCC(C)(C)C. The lowest BCUT2D eigenvalue weighted by Gasteiger charge is -2.23. The van der Waals surface area contributed by atoms with Crippen LogP contribution in [0.1, 0.15) is 69.2 Å². The molecule has 0 N–H and O–H groups in total. The molecule has 0 aliphatic heterocycles. The highest BCUT2D eigenvalue weighted by atomic mass is 16.5.